The molecule has 1 saturated heterocycles. The molecule has 5 heteroatoms. The molecule has 0 bridgehead atoms. The number of carbonyl (C=O) groups excluding carboxylic acids is 1. The molecule has 1 aromatic rings. The van der Waals surface area contributed by atoms with Gasteiger partial charge in [0.1, 0.15) is 0 Å². The Morgan fingerprint density at radius 1 is 1.53 bits per heavy atom. The lowest BCUT2D eigenvalue weighted by Gasteiger charge is -2.30. The molecule has 0 spiro atoms. The zero-order valence-corrected chi connectivity index (χ0v) is 11.4. The van der Waals surface area contributed by atoms with E-state index < -0.39 is 6.10 Å². The lowest BCUT2D eigenvalue weighted by molar-refractivity contribution is 0.0471. The number of thioether (sulfide) groups is 1. The highest BCUT2D eigenvalue weighted by atomic mass is 32.2. The van der Waals surface area contributed by atoms with E-state index in [1.807, 2.05) is 18.2 Å². The van der Waals surface area contributed by atoms with Gasteiger partial charge in [0, 0.05) is 18.0 Å². The van der Waals surface area contributed by atoms with Crippen molar-refractivity contribution in [1.29, 1.82) is 5.26 Å². The molecular weight excluding hydrogens is 260 g/mol. The van der Waals surface area contributed by atoms with Crippen LogP contribution in [0.3, 0.4) is 0 Å². The summed E-state index contributed by atoms with van der Waals surface area (Å²) in [6.45, 7) is 1.09. The molecule has 0 radical (unpaired) electrons. The Bertz CT molecular complexity index is 498. The molecule has 2 rings (SSSR count). The van der Waals surface area contributed by atoms with Gasteiger partial charge in [0.2, 0.25) is 0 Å². The van der Waals surface area contributed by atoms with Gasteiger partial charge in [-0.3, -0.25) is 4.79 Å². The summed E-state index contributed by atoms with van der Waals surface area (Å²) in [6.07, 6.45) is 1.17. The zero-order valence-electron chi connectivity index (χ0n) is 10.6. The van der Waals surface area contributed by atoms with Crippen LogP contribution in [-0.4, -0.2) is 40.9 Å². The topological polar surface area (TPSA) is 64.3 Å². The van der Waals surface area contributed by atoms with Crippen LogP contribution in [0.15, 0.2) is 29.2 Å². The van der Waals surface area contributed by atoms with Gasteiger partial charge in [-0.15, -0.1) is 11.8 Å². The van der Waals surface area contributed by atoms with Gasteiger partial charge in [-0.05, 0) is 25.0 Å². The van der Waals surface area contributed by atoms with Gasteiger partial charge >= 0.3 is 0 Å². The van der Waals surface area contributed by atoms with E-state index >= 15 is 0 Å². The third kappa shape index (κ3) is 3.49. The summed E-state index contributed by atoms with van der Waals surface area (Å²) in [6, 6.07) is 9.39. The Balaban J connectivity index is 2.16. The molecule has 1 heterocycles. The SMILES string of the molecule is N#CCSc1ccccc1C(=O)N1CCCC(O)C1. The lowest BCUT2D eigenvalue weighted by Crippen LogP contribution is -2.42. The monoisotopic (exact) mass is 276 g/mol. The number of aliphatic hydroxyl groups is 1. The molecule has 0 aliphatic carbocycles. The number of amides is 1. The van der Waals surface area contributed by atoms with Crippen molar-refractivity contribution < 1.29 is 9.90 Å². The maximum atomic E-state index is 12.4. The maximum absolute atomic E-state index is 12.4. The van der Waals surface area contributed by atoms with Crippen molar-refractivity contribution in [2.75, 3.05) is 18.8 Å². The number of piperidine rings is 1. The predicted octanol–water partition coefficient (Wildman–Crippen LogP) is 1.90. The first kappa shape index (κ1) is 13.9. The number of nitriles is 1. The Morgan fingerprint density at radius 2 is 2.32 bits per heavy atom. The third-order valence-electron chi connectivity index (χ3n) is 3.09. The fraction of sp³-hybridized carbons (Fsp3) is 0.429. The molecule has 1 aliphatic rings. The highest BCUT2D eigenvalue weighted by molar-refractivity contribution is 7.99. The number of rotatable bonds is 3. The van der Waals surface area contributed by atoms with Crippen LogP contribution in [0, 0.1) is 11.3 Å². The van der Waals surface area contributed by atoms with E-state index in [4.69, 9.17) is 5.26 Å². The number of nitrogens with zero attached hydrogens (tertiary/aromatic N) is 2. The summed E-state index contributed by atoms with van der Waals surface area (Å²) >= 11 is 1.37. The van der Waals surface area contributed by atoms with Crippen molar-refractivity contribution in [3.8, 4) is 6.07 Å². The highest BCUT2D eigenvalue weighted by Gasteiger charge is 2.24. The first-order chi connectivity index (χ1) is 9.22. The van der Waals surface area contributed by atoms with Crippen LogP contribution >= 0.6 is 11.8 Å². The van der Waals surface area contributed by atoms with Gasteiger partial charge in [-0.2, -0.15) is 5.26 Å². The molecule has 1 N–H and O–H groups in total. The number of likely N-dealkylation sites (tertiary alicyclic amines) is 1. The normalized spacial score (nSPS) is 18.9. The van der Waals surface area contributed by atoms with Crippen molar-refractivity contribution in [2.45, 2.75) is 23.8 Å². The molecule has 0 aromatic heterocycles. The largest absolute Gasteiger partial charge is 0.391 e. The lowest BCUT2D eigenvalue weighted by atomic mass is 10.1. The van der Waals surface area contributed by atoms with Crippen molar-refractivity contribution >= 4 is 17.7 Å². The number of benzene rings is 1. The summed E-state index contributed by atoms with van der Waals surface area (Å²) < 4.78 is 0. The van der Waals surface area contributed by atoms with E-state index in [2.05, 4.69) is 6.07 Å². The summed E-state index contributed by atoms with van der Waals surface area (Å²) in [5.74, 6) is 0.271. The van der Waals surface area contributed by atoms with Crippen LogP contribution in [0.2, 0.25) is 0 Å². The van der Waals surface area contributed by atoms with E-state index in [1.54, 1.807) is 11.0 Å². The molecule has 4 nitrogen and oxygen atoms in total. The molecule has 100 valence electrons. The summed E-state index contributed by atoms with van der Waals surface area (Å²) in [5.41, 5.74) is 0.622. The minimum atomic E-state index is -0.420. The van der Waals surface area contributed by atoms with E-state index in [9.17, 15) is 9.90 Å². The zero-order chi connectivity index (χ0) is 13.7. The Morgan fingerprint density at radius 3 is 3.05 bits per heavy atom. The Labute approximate surface area is 117 Å². The molecule has 19 heavy (non-hydrogen) atoms. The molecular formula is C14H16N2O2S. The highest BCUT2D eigenvalue weighted by Crippen LogP contribution is 2.24. The van der Waals surface area contributed by atoms with E-state index in [1.165, 1.54) is 11.8 Å². The van der Waals surface area contributed by atoms with Crippen molar-refractivity contribution in [2.24, 2.45) is 0 Å². The average molecular weight is 276 g/mol. The van der Waals surface area contributed by atoms with Gasteiger partial charge in [0.15, 0.2) is 0 Å². The number of carbonyl (C=O) groups is 1. The van der Waals surface area contributed by atoms with Gasteiger partial charge in [-0.1, -0.05) is 12.1 Å². The summed E-state index contributed by atoms with van der Waals surface area (Å²) in [4.78, 5) is 15.0. The van der Waals surface area contributed by atoms with Crippen LogP contribution in [0.4, 0.5) is 0 Å². The van der Waals surface area contributed by atoms with Crippen molar-refractivity contribution in [3.63, 3.8) is 0 Å². The molecule has 1 aromatic carbocycles. The van der Waals surface area contributed by atoms with Crippen LogP contribution in [0.25, 0.3) is 0 Å². The van der Waals surface area contributed by atoms with Gasteiger partial charge in [-0.25, -0.2) is 0 Å². The summed E-state index contributed by atoms with van der Waals surface area (Å²) in [5, 5.41) is 18.3. The molecule has 1 fully saturated rings. The van der Waals surface area contributed by atoms with Crippen LogP contribution in [0.5, 0.6) is 0 Å². The second-order valence-electron chi connectivity index (χ2n) is 4.49. The average Bonchev–Trinajstić information content (AvgIpc) is 2.44. The number of aliphatic hydroxyl groups excluding tert-OH is 1. The smallest absolute Gasteiger partial charge is 0.255 e. The maximum Gasteiger partial charge on any atom is 0.255 e. The van der Waals surface area contributed by atoms with Crippen LogP contribution in [-0.2, 0) is 0 Å². The number of hydrogen-bond donors (Lipinski definition) is 1. The fourth-order valence-electron chi connectivity index (χ4n) is 2.19. The van der Waals surface area contributed by atoms with Crippen LogP contribution < -0.4 is 0 Å². The second-order valence-corrected chi connectivity index (χ2v) is 5.51. The number of hydrogen-bond acceptors (Lipinski definition) is 4. The fourth-order valence-corrected chi connectivity index (χ4v) is 2.89. The number of β-amino-alcohol motifs (C(OH)–C–C–N with tert-alkyl or cyclic N) is 1. The van der Waals surface area contributed by atoms with E-state index in [0.29, 0.717) is 24.4 Å². The molecule has 0 saturated carbocycles. The van der Waals surface area contributed by atoms with Gasteiger partial charge in [0.25, 0.3) is 5.91 Å². The minimum absolute atomic E-state index is 0.0558. The summed E-state index contributed by atoms with van der Waals surface area (Å²) in [7, 11) is 0. The van der Waals surface area contributed by atoms with Gasteiger partial charge < -0.3 is 10.0 Å². The molecule has 1 atom stereocenters. The molecule has 1 aliphatic heterocycles. The first-order valence-corrected chi connectivity index (χ1v) is 7.27. The first-order valence-electron chi connectivity index (χ1n) is 6.28. The quantitative estimate of drug-likeness (QED) is 0.856. The van der Waals surface area contributed by atoms with E-state index in [0.717, 1.165) is 17.7 Å². The minimum Gasteiger partial charge on any atom is -0.391 e. The second kappa shape index (κ2) is 6.60. The van der Waals surface area contributed by atoms with Gasteiger partial charge in [0.05, 0.1) is 23.5 Å². The predicted molar refractivity (Wildman–Crippen MR) is 73.9 cm³/mol. The molecule has 1 amide bonds. The standard InChI is InChI=1S/C14H16N2O2S/c15-7-9-19-13-6-2-1-5-12(13)14(18)16-8-3-4-11(17)10-16/h1-2,5-6,11,17H,3-4,8-10H2. The Hall–Kier alpha value is -1.51. The third-order valence-corrected chi connectivity index (χ3v) is 4.03. The van der Waals surface area contributed by atoms with Crippen molar-refractivity contribution in [1.82, 2.24) is 4.90 Å². The van der Waals surface area contributed by atoms with E-state index in [-0.39, 0.29) is 5.91 Å². The van der Waals surface area contributed by atoms with Crippen LogP contribution in [0.1, 0.15) is 23.2 Å². The van der Waals surface area contributed by atoms with Crippen molar-refractivity contribution in [3.05, 3.63) is 29.8 Å². The Kier molecular flexibility index (Phi) is 4.83. The molecule has 1 unspecified atom stereocenters.